The Kier molecular flexibility index (Phi) is 4.65. The lowest BCUT2D eigenvalue weighted by molar-refractivity contribution is 0.0729. The monoisotopic (exact) mass is 275 g/mol. The molecule has 0 amide bonds. The summed E-state index contributed by atoms with van der Waals surface area (Å²) in [5, 5.41) is 11.8. The highest BCUT2D eigenvalue weighted by atomic mass is 16.4. The third-order valence-electron chi connectivity index (χ3n) is 4.44. The highest BCUT2D eigenvalue weighted by Gasteiger charge is 2.28. The van der Waals surface area contributed by atoms with Crippen molar-refractivity contribution >= 4 is 5.84 Å². The molecule has 3 atom stereocenters. The van der Waals surface area contributed by atoms with Gasteiger partial charge in [-0.15, -0.1) is 0 Å². The fourth-order valence-corrected chi connectivity index (χ4v) is 3.16. The Morgan fingerprint density at radius 2 is 2.15 bits per heavy atom. The number of hydrogen-bond donors (Lipinski definition) is 2. The molecule has 110 valence electrons. The van der Waals surface area contributed by atoms with Gasteiger partial charge >= 0.3 is 0 Å². The molecule has 0 spiro atoms. The zero-order chi connectivity index (χ0) is 14.7. The third kappa shape index (κ3) is 3.31. The quantitative estimate of drug-likeness (QED) is 0.386. The molecule has 0 bridgehead atoms. The van der Waals surface area contributed by atoms with Gasteiger partial charge < -0.3 is 10.9 Å². The van der Waals surface area contributed by atoms with E-state index in [1.165, 1.54) is 12.0 Å². The molecule has 1 heterocycles. The molecule has 4 nitrogen and oxygen atoms in total. The van der Waals surface area contributed by atoms with E-state index in [0.717, 1.165) is 30.5 Å². The van der Waals surface area contributed by atoms with E-state index in [-0.39, 0.29) is 5.84 Å². The van der Waals surface area contributed by atoms with Crippen molar-refractivity contribution in [2.75, 3.05) is 6.54 Å². The molecule has 1 aromatic carbocycles. The highest BCUT2D eigenvalue weighted by Crippen LogP contribution is 2.28. The molecule has 3 N–H and O–H groups in total. The summed E-state index contributed by atoms with van der Waals surface area (Å²) < 4.78 is 0. The zero-order valence-corrected chi connectivity index (χ0v) is 12.6. The summed E-state index contributed by atoms with van der Waals surface area (Å²) >= 11 is 0. The molecule has 0 radical (unpaired) electrons. The van der Waals surface area contributed by atoms with Crippen LogP contribution in [0.15, 0.2) is 29.4 Å². The number of likely N-dealkylation sites (tertiary alicyclic amines) is 1. The summed E-state index contributed by atoms with van der Waals surface area (Å²) in [6, 6.07) is 8.53. The molecule has 1 aliphatic heterocycles. The summed E-state index contributed by atoms with van der Waals surface area (Å²) in [4.78, 5) is 2.53. The van der Waals surface area contributed by atoms with Gasteiger partial charge in [-0.1, -0.05) is 37.2 Å². The van der Waals surface area contributed by atoms with Crippen molar-refractivity contribution < 1.29 is 5.21 Å². The highest BCUT2D eigenvalue weighted by molar-refractivity contribution is 5.97. The first-order valence-electron chi connectivity index (χ1n) is 7.32. The van der Waals surface area contributed by atoms with Gasteiger partial charge in [0.15, 0.2) is 5.84 Å². The van der Waals surface area contributed by atoms with E-state index in [0.29, 0.717) is 6.04 Å². The van der Waals surface area contributed by atoms with Crippen LogP contribution in [0.1, 0.15) is 38.3 Å². The first-order valence-corrected chi connectivity index (χ1v) is 7.32. The van der Waals surface area contributed by atoms with Crippen molar-refractivity contribution in [2.24, 2.45) is 22.7 Å². The Morgan fingerprint density at radius 1 is 1.40 bits per heavy atom. The SMILES string of the molecule is CC1CC(C)C(C)N(Cc2cccc(/C(N)=N/O)c2)C1. The first-order chi connectivity index (χ1) is 9.51. The van der Waals surface area contributed by atoms with E-state index in [2.05, 4.69) is 36.9 Å². The van der Waals surface area contributed by atoms with Crippen molar-refractivity contribution in [3.63, 3.8) is 0 Å². The molecule has 1 aromatic rings. The summed E-state index contributed by atoms with van der Waals surface area (Å²) in [5.41, 5.74) is 7.64. The zero-order valence-electron chi connectivity index (χ0n) is 12.6. The Hall–Kier alpha value is -1.55. The van der Waals surface area contributed by atoms with Crippen LogP contribution in [0.5, 0.6) is 0 Å². The number of nitrogens with zero attached hydrogens (tertiary/aromatic N) is 2. The van der Waals surface area contributed by atoms with Crippen molar-refractivity contribution in [1.82, 2.24) is 4.90 Å². The van der Waals surface area contributed by atoms with Crippen molar-refractivity contribution in [1.29, 1.82) is 0 Å². The number of piperidine rings is 1. The molecular formula is C16H25N3O. The minimum atomic E-state index is 0.167. The van der Waals surface area contributed by atoms with Crippen LogP contribution >= 0.6 is 0 Å². The fourth-order valence-electron chi connectivity index (χ4n) is 3.16. The fraction of sp³-hybridized carbons (Fsp3) is 0.562. The van der Waals surface area contributed by atoms with Crippen molar-refractivity contribution in [2.45, 2.75) is 39.8 Å². The van der Waals surface area contributed by atoms with E-state index in [1.807, 2.05) is 18.2 Å². The number of oxime groups is 1. The van der Waals surface area contributed by atoms with Gasteiger partial charge in [0.25, 0.3) is 0 Å². The lowest BCUT2D eigenvalue weighted by Crippen LogP contribution is -2.45. The molecule has 0 saturated carbocycles. The van der Waals surface area contributed by atoms with E-state index >= 15 is 0 Å². The largest absolute Gasteiger partial charge is 0.409 e. The number of hydrogen-bond acceptors (Lipinski definition) is 3. The molecule has 3 unspecified atom stereocenters. The molecule has 0 aliphatic carbocycles. The molecule has 1 aliphatic rings. The standard InChI is InChI=1S/C16H25N3O/c1-11-7-12(2)13(3)19(9-11)10-14-5-4-6-15(8-14)16(17)18-20/h4-6,8,11-13,20H,7,9-10H2,1-3H3,(H2,17,18). The van der Waals surface area contributed by atoms with Crippen molar-refractivity contribution in [3.8, 4) is 0 Å². The smallest absolute Gasteiger partial charge is 0.170 e. The average Bonchev–Trinajstić information content (AvgIpc) is 2.43. The molecular weight excluding hydrogens is 250 g/mol. The minimum Gasteiger partial charge on any atom is -0.409 e. The maximum absolute atomic E-state index is 8.76. The molecule has 20 heavy (non-hydrogen) atoms. The molecule has 2 rings (SSSR count). The Morgan fingerprint density at radius 3 is 2.85 bits per heavy atom. The maximum Gasteiger partial charge on any atom is 0.170 e. The van der Waals surface area contributed by atoms with Crippen LogP contribution in [-0.4, -0.2) is 28.5 Å². The van der Waals surface area contributed by atoms with Crippen LogP contribution in [0.25, 0.3) is 0 Å². The summed E-state index contributed by atoms with van der Waals surface area (Å²) in [6.45, 7) is 9.02. The number of rotatable bonds is 3. The van der Waals surface area contributed by atoms with E-state index in [1.54, 1.807) is 0 Å². The molecule has 0 aromatic heterocycles. The third-order valence-corrected chi connectivity index (χ3v) is 4.44. The minimum absolute atomic E-state index is 0.167. The summed E-state index contributed by atoms with van der Waals surface area (Å²) in [5.74, 6) is 1.64. The van der Waals surface area contributed by atoms with Crippen LogP contribution in [-0.2, 0) is 6.54 Å². The topological polar surface area (TPSA) is 61.8 Å². The Bertz CT molecular complexity index is 486. The van der Waals surface area contributed by atoms with E-state index < -0.39 is 0 Å². The lowest BCUT2D eigenvalue weighted by atomic mass is 9.85. The molecule has 1 fully saturated rings. The van der Waals surface area contributed by atoms with Crippen LogP contribution in [0.2, 0.25) is 0 Å². The Balaban J connectivity index is 2.13. The first kappa shape index (κ1) is 14.9. The van der Waals surface area contributed by atoms with Crippen molar-refractivity contribution in [3.05, 3.63) is 35.4 Å². The van der Waals surface area contributed by atoms with Crippen LogP contribution in [0.3, 0.4) is 0 Å². The number of amidine groups is 1. The van der Waals surface area contributed by atoms with Gasteiger partial charge in [0.1, 0.15) is 0 Å². The predicted octanol–water partition coefficient (Wildman–Crippen LogP) is 2.65. The lowest BCUT2D eigenvalue weighted by Gasteiger charge is -2.41. The second-order valence-corrected chi connectivity index (χ2v) is 6.17. The van der Waals surface area contributed by atoms with Gasteiger partial charge in [0.05, 0.1) is 0 Å². The van der Waals surface area contributed by atoms with Gasteiger partial charge in [0.2, 0.25) is 0 Å². The summed E-state index contributed by atoms with van der Waals surface area (Å²) in [6.07, 6.45) is 1.31. The normalized spacial score (nSPS) is 28.6. The van der Waals surface area contributed by atoms with Crippen LogP contribution < -0.4 is 5.73 Å². The number of benzene rings is 1. The number of nitrogens with two attached hydrogens (primary N) is 1. The van der Waals surface area contributed by atoms with Gasteiger partial charge in [-0.2, -0.15) is 0 Å². The maximum atomic E-state index is 8.76. The Labute approximate surface area is 121 Å². The van der Waals surface area contributed by atoms with Crippen LogP contribution in [0.4, 0.5) is 0 Å². The predicted molar refractivity (Wildman–Crippen MR) is 81.8 cm³/mol. The van der Waals surface area contributed by atoms with E-state index in [4.69, 9.17) is 10.9 Å². The summed E-state index contributed by atoms with van der Waals surface area (Å²) in [7, 11) is 0. The van der Waals surface area contributed by atoms with Gasteiger partial charge in [0, 0.05) is 24.7 Å². The molecule has 4 heteroatoms. The van der Waals surface area contributed by atoms with Crippen LogP contribution in [0, 0.1) is 11.8 Å². The van der Waals surface area contributed by atoms with Gasteiger partial charge in [-0.05, 0) is 36.8 Å². The molecule has 1 saturated heterocycles. The van der Waals surface area contributed by atoms with Gasteiger partial charge in [-0.3, -0.25) is 4.90 Å². The van der Waals surface area contributed by atoms with E-state index in [9.17, 15) is 0 Å². The second kappa shape index (κ2) is 6.27. The van der Waals surface area contributed by atoms with Gasteiger partial charge in [-0.25, -0.2) is 0 Å². The average molecular weight is 275 g/mol. The second-order valence-electron chi connectivity index (χ2n) is 6.17.